The minimum atomic E-state index is 0.105. The number of rotatable bonds is 1. The zero-order chi connectivity index (χ0) is 8.43. The third-order valence-corrected chi connectivity index (χ3v) is 1.31. The van der Waals surface area contributed by atoms with Crippen molar-refractivity contribution in [2.75, 3.05) is 19.0 Å². The SMILES string of the molecule is CN(C)c1nc(Cl)nc(Cl)n1. The van der Waals surface area contributed by atoms with Crippen molar-refractivity contribution in [3.05, 3.63) is 10.6 Å². The van der Waals surface area contributed by atoms with Crippen LogP contribution in [-0.4, -0.2) is 29.0 Å². The Morgan fingerprint density at radius 2 is 1.45 bits per heavy atom. The molecule has 0 unspecified atom stereocenters. The van der Waals surface area contributed by atoms with Crippen LogP contribution < -0.4 is 4.90 Å². The molecule has 1 aromatic heterocycles. The number of anilines is 1. The predicted octanol–water partition coefficient (Wildman–Crippen LogP) is 1.24. The van der Waals surface area contributed by atoms with E-state index in [1.807, 2.05) is 0 Å². The molecule has 0 N–H and O–H groups in total. The maximum absolute atomic E-state index is 5.52. The standard InChI is InChI=1S/C5H6Cl2N4/c1-11(2)5-9-3(6)8-4(7)10-5/h1-2H3. The number of hydrogen-bond donors (Lipinski definition) is 0. The van der Waals surface area contributed by atoms with Gasteiger partial charge in [0.25, 0.3) is 0 Å². The highest BCUT2D eigenvalue weighted by molar-refractivity contribution is 6.31. The van der Waals surface area contributed by atoms with Gasteiger partial charge in [-0.1, -0.05) is 0 Å². The summed E-state index contributed by atoms with van der Waals surface area (Å²) in [4.78, 5) is 12.9. The van der Waals surface area contributed by atoms with E-state index in [0.717, 1.165) is 0 Å². The second-order valence-corrected chi connectivity index (χ2v) is 2.74. The van der Waals surface area contributed by atoms with E-state index in [2.05, 4.69) is 15.0 Å². The zero-order valence-electron chi connectivity index (χ0n) is 6.04. The molecule has 1 rings (SSSR count). The average Bonchev–Trinajstić information content (AvgIpc) is 1.85. The Bertz CT molecular complexity index is 242. The van der Waals surface area contributed by atoms with Crippen molar-refractivity contribution in [3.63, 3.8) is 0 Å². The summed E-state index contributed by atoms with van der Waals surface area (Å²) < 4.78 is 0. The Balaban J connectivity index is 3.08. The summed E-state index contributed by atoms with van der Waals surface area (Å²) >= 11 is 11.0. The first-order chi connectivity index (χ1) is 5.09. The normalized spacial score (nSPS) is 9.82. The fraction of sp³-hybridized carbons (Fsp3) is 0.400. The Labute approximate surface area is 74.2 Å². The van der Waals surface area contributed by atoms with Crippen LogP contribution >= 0.6 is 23.2 Å². The van der Waals surface area contributed by atoms with Gasteiger partial charge in [-0.05, 0) is 23.2 Å². The number of aromatic nitrogens is 3. The third kappa shape index (κ3) is 2.17. The van der Waals surface area contributed by atoms with E-state index in [1.54, 1.807) is 19.0 Å². The van der Waals surface area contributed by atoms with E-state index < -0.39 is 0 Å². The van der Waals surface area contributed by atoms with Gasteiger partial charge in [-0.25, -0.2) is 0 Å². The molecule has 0 aliphatic heterocycles. The molecule has 0 aliphatic rings. The van der Waals surface area contributed by atoms with Gasteiger partial charge in [0.1, 0.15) is 0 Å². The number of hydrogen-bond acceptors (Lipinski definition) is 4. The number of nitrogens with zero attached hydrogens (tertiary/aromatic N) is 4. The fourth-order valence-electron chi connectivity index (χ4n) is 0.516. The molecule has 0 saturated heterocycles. The van der Waals surface area contributed by atoms with E-state index in [1.165, 1.54) is 0 Å². The molecular formula is C5H6Cl2N4. The highest BCUT2D eigenvalue weighted by atomic mass is 35.5. The van der Waals surface area contributed by atoms with Gasteiger partial charge in [0.2, 0.25) is 16.5 Å². The molecule has 0 spiro atoms. The molecule has 4 nitrogen and oxygen atoms in total. The van der Waals surface area contributed by atoms with Gasteiger partial charge < -0.3 is 4.90 Å². The van der Waals surface area contributed by atoms with Crippen LogP contribution in [0.1, 0.15) is 0 Å². The van der Waals surface area contributed by atoms with Crippen molar-refractivity contribution >= 4 is 29.2 Å². The summed E-state index contributed by atoms with van der Waals surface area (Å²) in [7, 11) is 3.59. The van der Waals surface area contributed by atoms with E-state index >= 15 is 0 Å². The largest absolute Gasteiger partial charge is 0.347 e. The van der Waals surface area contributed by atoms with Crippen LogP contribution in [0.5, 0.6) is 0 Å². The molecular weight excluding hydrogens is 187 g/mol. The van der Waals surface area contributed by atoms with E-state index in [4.69, 9.17) is 23.2 Å². The molecule has 0 atom stereocenters. The maximum atomic E-state index is 5.52. The fourth-order valence-corrected chi connectivity index (χ4v) is 0.871. The Hall–Kier alpha value is -0.610. The third-order valence-electron chi connectivity index (χ3n) is 0.969. The van der Waals surface area contributed by atoms with Crippen LogP contribution in [0.25, 0.3) is 0 Å². The second-order valence-electron chi connectivity index (χ2n) is 2.07. The van der Waals surface area contributed by atoms with Crippen molar-refractivity contribution in [2.45, 2.75) is 0 Å². The molecule has 0 radical (unpaired) electrons. The van der Waals surface area contributed by atoms with E-state index in [0.29, 0.717) is 5.95 Å². The first-order valence-corrected chi connectivity index (χ1v) is 3.59. The summed E-state index contributed by atoms with van der Waals surface area (Å²) in [5, 5.41) is 0.211. The highest BCUT2D eigenvalue weighted by Crippen LogP contribution is 2.10. The lowest BCUT2D eigenvalue weighted by Gasteiger charge is -2.08. The summed E-state index contributed by atoms with van der Waals surface area (Å²) in [5.74, 6) is 0.454. The lowest BCUT2D eigenvalue weighted by Crippen LogP contribution is -2.13. The summed E-state index contributed by atoms with van der Waals surface area (Å²) in [5.41, 5.74) is 0. The predicted molar refractivity (Wildman–Crippen MR) is 44.2 cm³/mol. The molecule has 0 aliphatic carbocycles. The lowest BCUT2D eigenvalue weighted by atomic mass is 10.8. The molecule has 0 bridgehead atoms. The molecule has 1 heterocycles. The molecule has 11 heavy (non-hydrogen) atoms. The molecule has 60 valence electrons. The first-order valence-electron chi connectivity index (χ1n) is 2.84. The second kappa shape index (κ2) is 3.19. The molecule has 0 fully saturated rings. The van der Waals surface area contributed by atoms with Crippen molar-refractivity contribution < 1.29 is 0 Å². The first kappa shape index (κ1) is 8.49. The van der Waals surface area contributed by atoms with E-state index in [-0.39, 0.29) is 10.6 Å². The van der Waals surface area contributed by atoms with Crippen molar-refractivity contribution in [1.82, 2.24) is 15.0 Å². The summed E-state index contributed by atoms with van der Waals surface area (Å²) in [6.07, 6.45) is 0. The van der Waals surface area contributed by atoms with Crippen LogP contribution in [0.2, 0.25) is 10.6 Å². The summed E-state index contributed by atoms with van der Waals surface area (Å²) in [6.45, 7) is 0. The van der Waals surface area contributed by atoms with Crippen LogP contribution in [0, 0.1) is 0 Å². The minimum Gasteiger partial charge on any atom is -0.347 e. The van der Waals surface area contributed by atoms with Crippen molar-refractivity contribution in [1.29, 1.82) is 0 Å². The zero-order valence-corrected chi connectivity index (χ0v) is 7.56. The van der Waals surface area contributed by atoms with Gasteiger partial charge in [0.15, 0.2) is 0 Å². The monoisotopic (exact) mass is 192 g/mol. The highest BCUT2D eigenvalue weighted by Gasteiger charge is 2.03. The van der Waals surface area contributed by atoms with Crippen LogP contribution in [0.4, 0.5) is 5.95 Å². The van der Waals surface area contributed by atoms with Gasteiger partial charge in [-0.3, -0.25) is 0 Å². The van der Waals surface area contributed by atoms with Gasteiger partial charge in [-0.15, -0.1) is 0 Å². The van der Waals surface area contributed by atoms with Crippen LogP contribution in [0.3, 0.4) is 0 Å². The maximum Gasteiger partial charge on any atom is 0.230 e. The van der Waals surface area contributed by atoms with Gasteiger partial charge >= 0.3 is 0 Å². The van der Waals surface area contributed by atoms with Gasteiger partial charge in [-0.2, -0.15) is 15.0 Å². The molecule has 6 heteroatoms. The topological polar surface area (TPSA) is 41.9 Å². The van der Waals surface area contributed by atoms with Crippen molar-refractivity contribution in [3.8, 4) is 0 Å². The van der Waals surface area contributed by atoms with Gasteiger partial charge in [0, 0.05) is 14.1 Å². The van der Waals surface area contributed by atoms with Crippen molar-refractivity contribution in [2.24, 2.45) is 0 Å². The quantitative estimate of drug-likeness (QED) is 0.672. The lowest BCUT2D eigenvalue weighted by molar-refractivity contribution is 0.956. The Morgan fingerprint density at radius 1 is 1.00 bits per heavy atom. The minimum absolute atomic E-state index is 0.105. The van der Waals surface area contributed by atoms with Crippen LogP contribution in [0.15, 0.2) is 0 Å². The van der Waals surface area contributed by atoms with E-state index in [9.17, 15) is 0 Å². The Morgan fingerprint density at radius 3 is 1.82 bits per heavy atom. The molecule has 1 aromatic rings. The molecule has 0 amide bonds. The molecule has 0 saturated carbocycles. The number of halogens is 2. The molecule has 0 aromatic carbocycles. The van der Waals surface area contributed by atoms with Crippen LogP contribution in [-0.2, 0) is 0 Å². The Kier molecular flexibility index (Phi) is 2.46. The average molecular weight is 193 g/mol. The smallest absolute Gasteiger partial charge is 0.230 e. The van der Waals surface area contributed by atoms with Gasteiger partial charge in [0.05, 0.1) is 0 Å². The summed E-state index contributed by atoms with van der Waals surface area (Å²) in [6, 6.07) is 0.